The van der Waals surface area contributed by atoms with Crippen molar-refractivity contribution in [1.29, 1.82) is 0 Å². The number of hydrogen-bond donors (Lipinski definition) is 8. The number of rotatable bonds is 15. The van der Waals surface area contributed by atoms with Gasteiger partial charge in [-0.1, -0.05) is 38.5 Å². The highest BCUT2D eigenvalue weighted by Crippen LogP contribution is 2.19. The van der Waals surface area contributed by atoms with Gasteiger partial charge in [-0.05, 0) is 17.5 Å². The second kappa shape index (κ2) is 14.1. The highest BCUT2D eigenvalue weighted by Gasteiger charge is 2.32. The summed E-state index contributed by atoms with van der Waals surface area (Å²) in [4.78, 5) is 73.0. The Kier molecular flexibility index (Phi) is 10.6. The molecule has 0 bridgehead atoms. The fraction of sp³-hybridized carbons (Fsp3) is 0.407. The molecule has 10 N–H and O–H groups in total. The fourth-order valence-corrected chi connectivity index (χ4v) is 4.28. The van der Waals surface area contributed by atoms with Crippen LogP contribution in [0.15, 0.2) is 43.0 Å². The highest BCUT2D eigenvalue weighted by molar-refractivity contribution is 5.96. The van der Waals surface area contributed by atoms with Gasteiger partial charge in [0.15, 0.2) is 0 Å². The number of amides is 4. The third kappa shape index (κ3) is 8.38. The van der Waals surface area contributed by atoms with Crippen molar-refractivity contribution in [2.75, 3.05) is 0 Å². The molecule has 0 aliphatic heterocycles. The molecule has 2 heterocycles. The Morgan fingerprint density at radius 1 is 0.951 bits per heavy atom. The number of imidazole rings is 1. The molecule has 2 aromatic heterocycles. The molecule has 0 radical (unpaired) electrons. The Balaban J connectivity index is 1.86. The Labute approximate surface area is 236 Å². The molecule has 0 aliphatic carbocycles. The van der Waals surface area contributed by atoms with Crippen molar-refractivity contribution in [3.63, 3.8) is 0 Å². The SMILES string of the molecule is CCC(C)C(N)C(=O)NC(CC(N)=O)C(=O)NC(Cc1c[nH]c2ccccc12)C(=O)NC(Cc1cnc[nH]1)C(=O)O. The number of carbonyl (C=O) groups is 5. The van der Waals surface area contributed by atoms with Crippen molar-refractivity contribution in [2.45, 2.75) is 63.7 Å². The maximum absolute atomic E-state index is 13.5. The average molecular weight is 569 g/mol. The van der Waals surface area contributed by atoms with Crippen LogP contribution in [0.25, 0.3) is 10.9 Å². The first-order chi connectivity index (χ1) is 19.5. The van der Waals surface area contributed by atoms with Gasteiger partial charge in [0, 0.05) is 41.8 Å². The lowest BCUT2D eigenvalue weighted by Gasteiger charge is -2.25. The van der Waals surface area contributed by atoms with Crippen LogP contribution in [0.2, 0.25) is 0 Å². The largest absolute Gasteiger partial charge is 0.480 e. The van der Waals surface area contributed by atoms with Gasteiger partial charge in [0.05, 0.1) is 18.8 Å². The van der Waals surface area contributed by atoms with E-state index in [1.807, 2.05) is 31.2 Å². The van der Waals surface area contributed by atoms with E-state index in [4.69, 9.17) is 11.5 Å². The van der Waals surface area contributed by atoms with Gasteiger partial charge in [0.25, 0.3) is 0 Å². The van der Waals surface area contributed by atoms with Crippen LogP contribution in [-0.4, -0.2) is 73.8 Å². The van der Waals surface area contributed by atoms with E-state index in [9.17, 15) is 29.1 Å². The molecule has 14 nitrogen and oxygen atoms in total. The van der Waals surface area contributed by atoms with Crippen molar-refractivity contribution in [3.05, 3.63) is 54.2 Å². The molecule has 41 heavy (non-hydrogen) atoms. The molecule has 0 spiro atoms. The van der Waals surface area contributed by atoms with Crippen molar-refractivity contribution in [2.24, 2.45) is 17.4 Å². The van der Waals surface area contributed by atoms with Gasteiger partial charge >= 0.3 is 5.97 Å². The minimum absolute atomic E-state index is 0.0262. The van der Waals surface area contributed by atoms with E-state index in [2.05, 4.69) is 30.9 Å². The minimum atomic E-state index is -1.41. The zero-order valence-corrected chi connectivity index (χ0v) is 22.8. The summed E-state index contributed by atoms with van der Waals surface area (Å²) >= 11 is 0. The van der Waals surface area contributed by atoms with Gasteiger partial charge in [-0.15, -0.1) is 0 Å². The van der Waals surface area contributed by atoms with E-state index >= 15 is 0 Å². The Morgan fingerprint density at radius 3 is 2.24 bits per heavy atom. The third-order valence-corrected chi connectivity index (χ3v) is 6.92. The quantitative estimate of drug-likeness (QED) is 0.118. The van der Waals surface area contributed by atoms with Crippen molar-refractivity contribution in [1.82, 2.24) is 30.9 Å². The molecule has 5 unspecified atom stereocenters. The number of fused-ring (bicyclic) bond motifs is 1. The lowest BCUT2D eigenvalue weighted by Crippen LogP contribution is -2.58. The summed E-state index contributed by atoms with van der Waals surface area (Å²) in [6, 6.07) is 2.38. The Bertz CT molecular complexity index is 1370. The molecule has 5 atom stereocenters. The van der Waals surface area contributed by atoms with Crippen LogP contribution in [0.5, 0.6) is 0 Å². The molecule has 3 rings (SSSR count). The Hall–Kier alpha value is -4.72. The maximum atomic E-state index is 13.5. The van der Waals surface area contributed by atoms with Gasteiger partial charge in [0.1, 0.15) is 18.1 Å². The number of nitrogens with zero attached hydrogens (tertiary/aromatic N) is 1. The number of carboxylic acid groups (broad SMARTS) is 1. The third-order valence-electron chi connectivity index (χ3n) is 6.92. The van der Waals surface area contributed by atoms with Gasteiger partial charge in [-0.25, -0.2) is 9.78 Å². The van der Waals surface area contributed by atoms with Crippen LogP contribution in [0.1, 0.15) is 37.9 Å². The number of aromatic nitrogens is 3. The van der Waals surface area contributed by atoms with E-state index in [-0.39, 0.29) is 18.8 Å². The highest BCUT2D eigenvalue weighted by atomic mass is 16.4. The van der Waals surface area contributed by atoms with Crippen LogP contribution in [0, 0.1) is 5.92 Å². The number of hydrogen-bond acceptors (Lipinski definition) is 7. The van der Waals surface area contributed by atoms with Crippen LogP contribution in [0.4, 0.5) is 0 Å². The fourth-order valence-electron chi connectivity index (χ4n) is 4.28. The number of aliphatic carboxylic acids is 1. The predicted octanol–water partition coefficient (Wildman–Crippen LogP) is -0.536. The van der Waals surface area contributed by atoms with Gasteiger partial charge in [-0.2, -0.15) is 0 Å². The first-order valence-electron chi connectivity index (χ1n) is 13.2. The number of primary amides is 1. The molecular weight excluding hydrogens is 532 g/mol. The van der Waals surface area contributed by atoms with Gasteiger partial charge in [0.2, 0.25) is 23.6 Å². The van der Waals surface area contributed by atoms with Gasteiger partial charge < -0.3 is 42.5 Å². The second-order valence-corrected chi connectivity index (χ2v) is 9.95. The van der Waals surface area contributed by atoms with Crippen molar-refractivity contribution in [3.8, 4) is 0 Å². The van der Waals surface area contributed by atoms with E-state index in [0.29, 0.717) is 17.7 Å². The first kappa shape index (κ1) is 30.8. The number of para-hydroxylation sites is 1. The lowest BCUT2D eigenvalue weighted by molar-refractivity contribution is -0.142. The summed E-state index contributed by atoms with van der Waals surface area (Å²) in [5, 5.41) is 18.0. The summed E-state index contributed by atoms with van der Waals surface area (Å²) in [6.07, 6.45) is 4.47. The number of benzene rings is 1. The zero-order valence-electron chi connectivity index (χ0n) is 22.8. The normalized spacial score (nSPS) is 14.8. The zero-order chi connectivity index (χ0) is 30.1. The van der Waals surface area contributed by atoms with Gasteiger partial charge in [-0.3, -0.25) is 19.2 Å². The number of nitrogens with one attached hydrogen (secondary N) is 5. The van der Waals surface area contributed by atoms with E-state index in [1.165, 1.54) is 12.5 Å². The molecule has 4 amide bonds. The number of carbonyl (C=O) groups excluding carboxylic acids is 4. The first-order valence-corrected chi connectivity index (χ1v) is 13.2. The molecule has 1 aromatic carbocycles. The molecule has 220 valence electrons. The lowest BCUT2D eigenvalue weighted by atomic mass is 9.98. The standard InChI is InChI=1S/C27H36N8O6/c1-3-14(2)23(29)26(39)34-20(10-22(28)36)25(38)33-19(8-15-11-31-18-7-5-4-6-17(15)18)24(37)35-21(27(40)41)9-16-12-30-13-32-16/h4-7,11-14,19-21,23,31H,3,8-10,29H2,1-2H3,(H2,28,36)(H,30,32)(H,33,38)(H,34,39)(H,35,37)(H,40,41). The number of carboxylic acids is 1. The maximum Gasteiger partial charge on any atom is 0.326 e. The van der Waals surface area contributed by atoms with Crippen LogP contribution >= 0.6 is 0 Å². The van der Waals surface area contributed by atoms with Crippen LogP contribution in [-0.2, 0) is 36.8 Å². The minimum Gasteiger partial charge on any atom is -0.480 e. The molecular formula is C27H36N8O6. The molecule has 0 aliphatic rings. The summed E-state index contributed by atoms with van der Waals surface area (Å²) < 4.78 is 0. The average Bonchev–Trinajstić information content (AvgIpc) is 3.60. The number of nitrogens with two attached hydrogens (primary N) is 2. The van der Waals surface area contributed by atoms with Crippen molar-refractivity contribution < 1.29 is 29.1 Å². The molecule has 3 aromatic rings. The summed E-state index contributed by atoms with van der Waals surface area (Å²) in [6.45, 7) is 3.63. The second-order valence-electron chi connectivity index (χ2n) is 9.95. The van der Waals surface area contributed by atoms with Crippen LogP contribution in [0.3, 0.4) is 0 Å². The Morgan fingerprint density at radius 2 is 1.61 bits per heavy atom. The monoisotopic (exact) mass is 568 g/mol. The summed E-state index contributed by atoms with van der Waals surface area (Å²) in [7, 11) is 0. The molecule has 14 heteroatoms. The van der Waals surface area contributed by atoms with E-state index in [0.717, 1.165) is 10.9 Å². The number of H-pyrrole nitrogens is 2. The summed E-state index contributed by atoms with van der Waals surface area (Å²) in [5.74, 6) is -4.63. The smallest absolute Gasteiger partial charge is 0.326 e. The predicted molar refractivity (Wildman–Crippen MR) is 149 cm³/mol. The number of aromatic amines is 2. The topological polar surface area (TPSA) is 238 Å². The van der Waals surface area contributed by atoms with E-state index in [1.54, 1.807) is 13.1 Å². The van der Waals surface area contributed by atoms with Crippen molar-refractivity contribution >= 4 is 40.5 Å². The van der Waals surface area contributed by atoms with E-state index < -0.39 is 60.2 Å². The molecule has 0 saturated carbocycles. The summed E-state index contributed by atoms with van der Waals surface area (Å²) in [5.41, 5.74) is 13.3. The molecule has 0 fully saturated rings. The van der Waals surface area contributed by atoms with Crippen LogP contribution < -0.4 is 27.4 Å². The molecule has 0 saturated heterocycles.